The number of halogens is 3. The lowest BCUT2D eigenvalue weighted by atomic mass is 9.94. The molecule has 0 radical (unpaired) electrons. The Morgan fingerprint density at radius 1 is 1.00 bits per heavy atom. The van der Waals surface area contributed by atoms with E-state index >= 15 is 0 Å². The van der Waals surface area contributed by atoms with Crippen molar-refractivity contribution in [3.8, 4) is 11.5 Å². The highest BCUT2D eigenvalue weighted by atomic mass is 19.4. The number of carbonyl (C=O) groups is 2. The number of alkyl halides is 3. The zero-order valence-electron chi connectivity index (χ0n) is 17.8. The van der Waals surface area contributed by atoms with Gasteiger partial charge in [0.1, 0.15) is 19.3 Å². The van der Waals surface area contributed by atoms with Crippen LogP contribution in [0.25, 0.3) is 0 Å². The Morgan fingerprint density at radius 3 is 2.33 bits per heavy atom. The molecule has 1 aromatic heterocycles. The molecule has 1 aromatic carbocycles. The lowest BCUT2D eigenvalue weighted by Gasteiger charge is -2.34. The average Bonchev–Trinajstić information content (AvgIpc) is 2.82. The number of anilines is 1. The van der Waals surface area contributed by atoms with E-state index in [4.69, 9.17) is 9.47 Å². The van der Waals surface area contributed by atoms with Crippen LogP contribution in [0.3, 0.4) is 0 Å². The summed E-state index contributed by atoms with van der Waals surface area (Å²) in [6.45, 7) is 0.528. The number of amides is 2. The molecule has 1 aliphatic heterocycles. The largest absolute Gasteiger partial charge is 0.486 e. The Kier molecular flexibility index (Phi) is 6.71. The summed E-state index contributed by atoms with van der Waals surface area (Å²) in [6, 6.07) is 5.20. The highest BCUT2D eigenvalue weighted by Crippen LogP contribution is 2.39. The van der Waals surface area contributed by atoms with Gasteiger partial charge in [0.2, 0.25) is 5.91 Å². The van der Waals surface area contributed by atoms with Gasteiger partial charge in [-0.25, -0.2) is 0 Å². The van der Waals surface area contributed by atoms with Gasteiger partial charge in [-0.2, -0.15) is 13.2 Å². The van der Waals surface area contributed by atoms with E-state index in [1.165, 1.54) is 42.7 Å². The summed E-state index contributed by atoms with van der Waals surface area (Å²) in [7, 11) is 0. The molecule has 2 aromatic rings. The van der Waals surface area contributed by atoms with Crippen molar-refractivity contribution < 1.29 is 32.2 Å². The van der Waals surface area contributed by atoms with Gasteiger partial charge in [-0.1, -0.05) is 19.3 Å². The Hall–Kier alpha value is -3.30. The van der Waals surface area contributed by atoms with Crippen LogP contribution in [0.15, 0.2) is 42.7 Å². The highest BCUT2D eigenvalue weighted by molar-refractivity contribution is 6.04. The second kappa shape index (κ2) is 9.68. The number of rotatable bonds is 5. The molecular formula is C23H24F3N3O4. The molecule has 33 heavy (non-hydrogen) atoms. The quantitative estimate of drug-likeness (QED) is 0.727. The summed E-state index contributed by atoms with van der Waals surface area (Å²) in [5, 5.41) is 2.86. The van der Waals surface area contributed by atoms with Crippen molar-refractivity contribution in [2.75, 3.05) is 18.1 Å². The predicted octanol–water partition coefficient (Wildman–Crippen LogP) is 3.94. The number of aromatic nitrogens is 1. The van der Waals surface area contributed by atoms with Gasteiger partial charge in [0.25, 0.3) is 0 Å². The van der Waals surface area contributed by atoms with E-state index in [1.54, 1.807) is 0 Å². The molecule has 0 bridgehead atoms. The molecular weight excluding hydrogens is 439 g/mol. The minimum absolute atomic E-state index is 0.123. The molecule has 0 spiro atoms. The lowest BCUT2D eigenvalue weighted by Crippen LogP contribution is -2.50. The molecule has 4 rings (SSSR count). The number of nitrogens with one attached hydrogen (secondary N) is 1. The SMILES string of the molecule is O=C(NC1CCCCC1)[C@H](c1ccncc1)N(C(=O)C(F)(F)F)c1ccc2c(c1)OCCO2. The van der Waals surface area contributed by atoms with Crippen LogP contribution in [0.2, 0.25) is 0 Å². The van der Waals surface area contributed by atoms with Crippen LogP contribution < -0.4 is 19.7 Å². The topological polar surface area (TPSA) is 80.8 Å². The molecule has 0 saturated heterocycles. The fourth-order valence-electron chi connectivity index (χ4n) is 4.19. The van der Waals surface area contributed by atoms with Crippen molar-refractivity contribution in [1.29, 1.82) is 0 Å². The summed E-state index contributed by atoms with van der Waals surface area (Å²) in [6.07, 6.45) is 1.93. The van der Waals surface area contributed by atoms with Gasteiger partial charge in [0, 0.05) is 30.2 Å². The first-order chi connectivity index (χ1) is 15.8. The molecule has 1 saturated carbocycles. The van der Waals surface area contributed by atoms with E-state index in [9.17, 15) is 22.8 Å². The first kappa shape index (κ1) is 22.9. The molecule has 1 atom stereocenters. The van der Waals surface area contributed by atoms with E-state index in [1.807, 2.05) is 0 Å². The van der Waals surface area contributed by atoms with Crippen LogP contribution in [-0.2, 0) is 9.59 Å². The first-order valence-corrected chi connectivity index (χ1v) is 10.8. The molecule has 1 N–H and O–H groups in total. The number of hydrogen-bond acceptors (Lipinski definition) is 5. The van der Waals surface area contributed by atoms with Gasteiger partial charge in [0.15, 0.2) is 11.5 Å². The first-order valence-electron chi connectivity index (χ1n) is 10.8. The standard InChI is InChI=1S/C23H24F3N3O4/c24-23(25,26)22(31)29(17-6-7-18-19(14-17)33-13-12-32-18)20(15-8-10-27-11-9-15)21(30)28-16-4-2-1-3-5-16/h6-11,14,16,20H,1-5,12-13H2,(H,28,30)/t20-/m0/s1. The molecule has 2 amide bonds. The van der Waals surface area contributed by atoms with Crippen LogP contribution in [0.4, 0.5) is 18.9 Å². The molecule has 2 aliphatic rings. The number of nitrogens with zero attached hydrogens (tertiary/aromatic N) is 2. The van der Waals surface area contributed by atoms with E-state index in [-0.39, 0.29) is 29.6 Å². The van der Waals surface area contributed by atoms with Gasteiger partial charge >= 0.3 is 12.1 Å². The van der Waals surface area contributed by atoms with E-state index in [0.29, 0.717) is 17.3 Å². The Labute approximate surface area is 188 Å². The fourth-order valence-corrected chi connectivity index (χ4v) is 4.19. The zero-order chi connectivity index (χ0) is 23.4. The maximum Gasteiger partial charge on any atom is 0.471 e. The van der Waals surface area contributed by atoms with Crippen molar-refractivity contribution in [3.63, 3.8) is 0 Å². The molecule has 1 aliphatic carbocycles. The summed E-state index contributed by atoms with van der Waals surface area (Å²) < 4.78 is 52.1. The maximum absolute atomic E-state index is 13.7. The zero-order valence-corrected chi connectivity index (χ0v) is 17.8. The van der Waals surface area contributed by atoms with Crippen molar-refractivity contribution in [1.82, 2.24) is 10.3 Å². The average molecular weight is 463 g/mol. The third-order valence-corrected chi connectivity index (χ3v) is 5.75. The van der Waals surface area contributed by atoms with Crippen LogP contribution in [0.5, 0.6) is 11.5 Å². The van der Waals surface area contributed by atoms with Crippen LogP contribution in [-0.4, -0.2) is 42.2 Å². The van der Waals surface area contributed by atoms with Gasteiger partial charge in [-0.3, -0.25) is 19.5 Å². The third kappa shape index (κ3) is 5.20. The number of pyridine rings is 1. The number of benzene rings is 1. The molecule has 7 nitrogen and oxygen atoms in total. The van der Waals surface area contributed by atoms with E-state index < -0.39 is 24.0 Å². The second-order valence-corrected chi connectivity index (χ2v) is 8.03. The summed E-state index contributed by atoms with van der Waals surface area (Å²) in [4.78, 5) is 30.4. The third-order valence-electron chi connectivity index (χ3n) is 5.75. The predicted molar refractivity (Wildman–Crippen MR) is 113 cm³/mol. The van der Waals surface area contributed by atoms with Crippen molar-refractivity contribution >= 4 is 17.5 Å². The van der Waals surface area contributed by atoms with E-state index in [0.717, 1.165) is 32.1 Å². The Balaban J connectivity index is 1.77. The minimum Gasteiger partial charge on any atom is -0.486 e. The van der Waals surface area contributed by atoms with Crippen molar-refractivity contribution in [2.24, 2.45) is 0 Å². The maximum atomic E-state index is 13.7. The normalized spacial score (nSPS) is 17.2. The molecule has 0 unspecified atom stereocenters. The van der Waals surface area contributed by atoms with Gasteiger partial charge in [0.05, 0.1) is 0 Å². The second-order valence-electron chi connectivity index (χ2n) is 8.03. The number of ether oxygens (including phenoxy) is 2. The van der Waals surface area contributed by atoms with Crippen LogP contribution >= 0.6 is 0 Å². The molecule has 10 heteroatoms. The van der Waals surface area contributed by atoms with Crippen LogP contribution in [0.1, 0.15) is 43.7 Å². The smallest absolute Gasteiger partial charge is 0.471 e. The van der Waals surface area contributed by atoms with E-state index in [2.05, 4.69) is 10.3 Å². The van der Waals surface area contributed by atoms with Crippen molar-refractivity contribution in [3.05, 3.63) is 48.3 Å². The Morgan fingerprint density at radius 2 is 1.67 bits per heavy atom. The lowest BCUT2D eigenvalue weighted by molar-refractivity contribution is -0.171. The van der Waals surface area contributed by atoms with Gasteiger partial charge in [-0.15, -0.1) is 0 Å². The molecule has 2 heterocycles. The fraction of sp³-hybridized carbons (Fsp3) is 0.435. The summed E-state index contributed by atoms with van der Waals surface area (Å²) >= 11 is 0. The van der Waals surface area contributed by atoms with Crippen molar-refractivity contribution in [2.45, 2.75) is 50.4 Å². The van der Waals surface area contributed by atoms with Gasteiger partial charge in [-0.05, 0) is 42.7 Å². The highest BCUT2D eigenvalue weighted by Gasteiger charge is 2.48. The summed E-state index contributed by atoms with van der Waals surface area (Å²) in [5.41, 5.74) is 0.0907. The number of carbonyl (C=O) groups excluding carboxylic acids is 2. The van der Waals surface area contributed by atoms with Crippen LogP contribution in [0, 0.1) is 0 Å². The number of fused-ring (bicyclic) bond motifs is 1. The Bertz CT molecular complexity index is 994. The molecule has 176 valence electrons. The summed E-state index contributed by atoms with van der Waals surface area (Å²) in [5.74, 6) is -2.27. The molecule has 1 fully saturated rings. The number of hydrogen-bond donors (Lipinski definition) is 1. The minimum atomic E-state index is -5.20. The van der Waals surface area contributed by atoms with Gasteiger partial charge < -0.3 is 14.8 Å². The monoisotopic (exact) mass is 463 g/mol.